The number of nitrogens with two attached hydrogens (primary N) is 1. The lowest BCUT2D eigenvalue weighted by Crippen LogP contribution is -2.38. The minimum atomic E-state index is -3.02. The largest absolute Gasteiger partial charge is 0.381 e. The second-order valence-corrected chi connectivity index (χ2v) is 6.10. The molecule has 2 N–H and O–H groups in total. The van der Waals surface area contributed by atoms with Crippen molar-refractivity contribution in [3.63, 3.8) is 0 Å². The van der Waals surface area contributed by atoms with Crippen LogP contribution in [0.25, 0.3) is 0 Å². The zero-order valence-electron chi connectivity index (χ0n) is 7.90. The maximum atomic E-state index is 11.8. The van der Waals surface area contributed by atoms with Gasteiger partial charge in [-0.1, -0.05) is 0 Å². The number of ether oxygens (including phenoxy) is 1. The average molecular weight is 207 g/mol. The molecule has 0 aromatic carbocycles. The lowest BCUT2D eigenvalue weighted by molar-refractivity contribution is 0.0982. The van der Waals surface area contributed by atoms with Crippen LogP contribution >= 0.6 is 0 Å². The van der Waals surface area contributed by atoms with Crippen molar-refractivity contribution < 1.29 is 13.2 Å². The Morgan fingerprint density at radius 3 is 2.46 bits per heavy atom. The van der Waals surface area contributed by atoms with E-state index in [1.54, 1.807) is 6.92 Å². The number of sulfone groups is 1. The van der Waals surface area contributed by atoms with Gasteiger partial charge < -0.3 is 10.5 Å². The molecular weight excluding hydrogens is 190 g/mol. The Hall–Kier alpha value is -0.130. The molecule has 0 aromatic rings. The highest BCUT2D eigenvalue weighted by atomic mass is 32.2. The lowest BCUT2D eigenvalue weighted by atomic mass is 10.2. The van der Waals surface area contributed by atoms with Crippen molar-refractivity contribution in [2.45, 2.75) is 30.3 Å². The van der Waals surface area contributed by atoms with Crippen LogP contribution < -0.4 is 5.73 Å². The molecule has 0 saturated carbocycles. The predicted octanol–water partition coefficient (Wildman–Crippen LogP) is -0.0726. The number of hydrogen-bond acceptors (Lipinski definition) is 4. The molecule has 1 unspecified atom stereocenters. The molecule has 1 saturated heterocycles. The molecule has 0 spiro atoms. The van der Waals surface area contributed by atoms with Crippen molar-refractivity contribution in [1.29, 1.82) is 0 Å². The first-order valence-corrected chi connectivity index (χ1v) is 6.20. The van der Waals surface area contributed by atoms with Crippen molar-refractivity contribution in [3.8, 4) is 0 Å². The molecule has 78 valence electrons. The van der Waals surface area contributed by atoms with Crippen LogP contribution in [0.15, 0.2) is 0 Å². The minimum Gasteiger partial charge on any atom is -0.381 e. The summed E-state index contributed by atoms with van der Waals surface area (Å²) in [5, 5.41) is -0.657. The fourth-order valence-corrected chi connectivity index (χ4v) is 3.24. The van der Waals surface area contributed by atoms with Crippen LogP contribution in [0.3, 0.4) is 0 Å². The molecule has 0 aliphatic carbocycles. The number of rotatable bonds is 3. The molecule has 4 nitrogen and oxygen atoms in total. The third-order valence-electron chi connectivity index (χ3n) is 2.53. The van der Waals surface area contributed by atoms with Gasteiger partial charge in [0, 0.05) is 19.8 Å². The quantitative estimate of drug-likeness (QED) is 0.703. The molecule has 1 atom stereocenters. The second kappa shape index (κ2) is 4.39. The summed E-state index contributed by atoms with van der Waals surface area (Å²) in [5.74, 6) is 0. The average Bonchev–Trinajstić information content (AvgIpc) is 2.18. The van der Waals surface area contributed by atoms with Crippen LogP contribution in [0, 0.1) is 0 Å². The summed E-state index contributed by atoms with van der Waals surface area (Å²) >= 11 is 0. The Bertz CT molecular complexity index is 244. The molecule has 0 amide bonds. The predicted molar refractivity (Wildman–Crippen MR) is 51.3 cm³/mol. The van der Waals surface area contributed by atoms with Gasteiger partial charge >= 0.3 is 0 Å². The van der Waals surface area contributed by atoms with Gasteiger partial charge in [-0.3, -0.25) is 0 Å². The highest BCUT2D eigenvalue weighted by Crippen LogP contribution is 2.19. The lowest BCUT2D eigenvalue weighted by Gasteiger charge is -2.24. The van der Waals surface area contributed by atoms with Gasteiger partial charge in [0.25, 0.3) is 0 Å². The topological polar surface area (TPSA) is 69.4 Å². The highest BCUT2D eigenvalue weighted by Gasteiger charge is 2.31. The maximum absolute atomic E-state index is 11.8. The zero-order chi connectivity index (χ0) is 9.90. The summed E-state index contributed by atoms with van der Waals surface area (Å²) in [4.78, 5) is 0. The maximum Gasteiger partial charge on any atom is 0.157 e. The van der Waals surface area contributed by atoms with E-state index in [9.17, 15) is 8.42 Å². The van der Waals surface area contributed by atoms with Gasteiger partial charge in [-0.15, -0.1) is 0 Å². The van der Waals surface area contributed by atoms with Crippen molar-refractivity contribution in [1.82, 2.24) is 0 Å². The Kier molecular flexibility index (Phi) is 3.70. The minimum absolute atomic E-state index is 0.208. The first-order valence-electron chi connectivity index (χ1n) is 4.59. The van der Waals surface area contributed by atoms with Gasteiger partial charge in [0.2, 0.25) is 0 Å². The first-order chi connectivity index (χ1) is 6.09. The van der Waals surface area contributed by atoms with E-state index < -0.39 is 15.1 Å². The molecular formula is C8H17NO3S. The SMILES string of the molecule is CC(CN)S(=O)(=O)C1CCOCC1. The monoisotopic (exact) mass is 207 g/mol. The van der Waals surface area contributed by atoms with E-state index in [0.29, 0.717) is 26.1 Å². The van der Waals surface area contributed by atoms with Crippen molar-refractivity contribution >= 4 is 9.84 Å². The van der Waals surface area contributed by atoms with Crippen LogP contribution in [0.2, 0.25) is 0 Å². The Labute approximate surface area is 79.4 Å². The van der Waals surface area contributed by atoms with E-state index in [-0.39, 0.29) is 11.8 Å². The molecule has 1 heterocycles. The zero-order valence-corrected chi connectivity index (χ0v) is 8.72. The van der Waals surface area contributed by atoms with E-state index in [2.05, 4.69) is 0 Å². The Morgan fingerprint density at radius 2 is 2.00 bits per heavy atom. The summed E-state index contributed by atoms with van der Waals surface area (Å²) in [6, 6.07) is 0. The molecule has 0 radical (unpaired) electrons. The Balaban J connectivity index is 2.67. The standard InChI is InChI=1S/C8H17NO3S/c1-7(6-9)13(10,11)8-2-4-12-5-3-8/h7-8H,2-6,9H2,1H3. The van der Waals surface area contributed by atoms with E-state index in [4.69, 9.17) is 10.5 Å². The normalized spacial score (nSPS) is 22.9. The van der Waals surface area contributed by atoms with Crippen LogP contribution in [0.5, 0.6) is 0 Å². The van der Waals surface area contributed by atoms with E-state index in [1.165, 1.54) is 0 Å². The van der Waals surface area contributed by atoms with Crippen LogP contribution in [-0.2, 0) is 14.6 Å². The van der Waals surface area contributed by atoms with Gasteiger partial charge in [-0.05, 0) is 19.8 Å². The summed E-state index contributed by atoms with van der Waals surface area (Å²) in [5.41, 5.74) is 5.35. The van der Waals surface area contributed by atoms with E-state index in [1.807, 2.05) is 0 Å². The second-order valence-electron chi connectivity index (χ2n) is 3.45. The molecule has 13 heavy (non-hydrogen) atoms. The fourth-order valence-electron chi connectivity index (χ4n) is 1.47. The van der Waals surface area contributed by atoms with E-state index >= 15 is 0 Å². The third-order valence-corrected chi connectivity index (χ3v) is 5.24. The summed E-state index contributed by atoms with van der Waals surface area (Å²) < 4.78 is 28.7. The van der Waals surface area contributed by atoms with Crippen LogP contribution in [0.4, 0.5) is 0 Å². The first kappa shape index (κ1) is 10.9. The van der Waals surface area contributed by atoms with Crippen molar-refractivity contribution in [2.75, 3.05) is 19.8 Å². The summed E-state index contributed by atoms with van der Waals surface area (Å²) in [6.07, 6.45) is 1.24. The van der Waals surface area contributed by atoms with Gasteiger partial charge in [-0.25, -0.2) is 8.42 Å². The molecule has 0 bridgehead atoms. The summed E-state index contributed by atoms with van der Waals surface area (Å²) in [6.45, 7) is 2.99. The van der Waals surface area contributed by atoms with Gasteiger partial charge in [-0.2, -0.15) is 0 Å². The smallest absolute Gasteiger partial charge is 0.157 e. The van der Waals surface area contributed by atoms with Crippen molar-refractivity contribution in [2.24, 2.45) is 5.73 Å². The van der Waals surface area contributed by atoms with Crippen LogP contribution in [-0.4, -0.2) is 38.7 Å². The summed E-state index contributed by atoms with van der Waals surface area (Å²) in [7, 11) is -3.02. The van der Waals surface area contributed by atoms with Gasteiger partial charge in [0.15, 0.2) is 9.84 Å². The Morgan fingerprint density at radius 1 is 1.46 bits per heavy atom. The highest BCUT2D eigenvalue weighted by molar-refractivity contribution is 7.92. The van der Waals surface area contributed by atoms with Crippen LogP contribution in [0.1, 0.15) is 19.8 Å². The van der Waals surface area contributed by atoms with Gasteiger partial charge in [0.05, 0.1) is 10.5 Å². The molecule has 5 heteroatoms. The molecule has 0 aromatic heterocycles. The molecule has 1 aliphatic heterocycles. The van der Waals surface area contributed by atoms with E-state index in [0.717, 1.165) is 0 Å². The molecule has 1 fully saturated rings. The van der Waals surface area contributed by atoms with Gasteiger partial charge in [0.1, 0.15) is 0 Å². The molecule has 1 aliphatic rings. The fraction of sp³-hybridized carbons (Fsp3) is 1.00. The number of hydrogen-bond donors (Lipinski definition) is 1. The van der Waals surface area contributed by atoms with Crippen molar-refractivity contribution in [3.05, 3.63) is 0 Å². The third kappa shape index (κ3) is 2.42. The molecule has 1 rings (SSSR count).